The van der Waals surface area contributed by atoms with Gasteiger partial charge in [0.2, 0.25) is 5.91 Å². The smallest absolute Gasteiger partial charge is 0.221 e. The number of nitrogens with zero attached hydrogens (tertiary/aromatic N) is 5. The van der Waals surface area contributed by atoms with Crippen LogP contribution in [-0.2, 0) is 11.3 Å². The Balaban J connectivity index is 1.48. The zero-order chi connectivity index (χ0) is 17.6. The van der Waals surface area contributed by atoms with Crippen molar-refractivity contribution in [3.63, 3.8) is 0 Å². The SMILES string of the molecule is CN1CCC(N(C)CCC(=O)NCc2ccccc2-n2cncn2)C1. The molecule has 25 heavy (non-hydrogen) atoms. The maximum absolute atomic E-state index is 12.2. The van der Waals surface area contributed by atoms with Crippen LogP contribution in [0.25, 0.3) is 5.69 Å². The molecule has 0 radical (unpaired) electrons. The van der Waals surface area contributed by atoms with Crippen LogP contribution in [0.15, 0.2) is 36.9 Å². The summed E-state index contributed by atoms with van der Waals surface area (Å²) in [5.74, 6) is 0.0756. The molecule has 0 aliphatic carbocycles. The van der Waals surface area contributed by atoms with Gasteiger partial charge in [-0.3, -0.25) is 4.79 Å². The number of carbonyl (C=O) groups is 1. The summed E-state index contributed by atoms with van der Waals surface area (Å²) in [6, 6.07) is 8.45. The number of likely N-dealkylation sites (tertiary alicyclic amines) is 1. The molecule has 1 N–H and O–H groups in total. The summed E-state index contributed by atoms with van der Waals surface area (Å²) in [5.41, 5.74) is 1.96. The second-order valence-corrected chi connectivity index (χ2v) is 6.68. The minimum Gasteiger partial charge on any atom is -0.352 e. The third kappa shape index (κ3) is 4.64. The molecule has 1 fully saturated rings. The number of aromatic nitrogens is 3. The van der Waals surface area contributed by atoms with Crippen LogP contribution < -0.4 is 5.32 Å². The maximum Gasteiger partial charge on any atom is 0.221 e. The summed E-state index contributed by atoms with van der Waals surface area (Å²) < 4.78 is 1.71. The van der Waals surface area contributed by atoms with E-state index >= 15 is 0 Å². The number of nitrogens with one attached hydrogen (secondary N) is 1. The zero-order valence-corrected chi connectivity index (χ0v) is 14.9. The molecule has 1 saturated heterocycles. The van der Waals surface area contributed by atoms with E-state index in [1.165, 1.54) is 12.7 Å². The van der Waals surface area contributed by atoms with E-state index < -0.39 is 0 Å². The molecule has 1 aromatic heterocycles. The fourth-order valence-corrected chi connectivity index (χ4v) is 3.23. The molecule has 134 valence electrons. The van der Waals surface area contributed by atoms with Gasteiger partial charge < -0.3 is 15.1 Å². The molecule has 1 aromatic carbocycles. The number of likely N-dealkylation sites (N-methyl/N-ethyl adjacent to an activating group) is 2. The molecule has 7 nitrogen and oxygen atoms in total. The average Bonchev–Trinajstić information content (AvgIpc) is 3.30. The van der Waals surface area contributed by atoms with E-state index in [1.54, 1.807) is 11.0 Å². The highest BCUT2D eigenvalue weighted by molar-refractivity contribution is 5.76. The number of hydrogen-bond donors (Lipinski definition) is 1. The zero-order valence-electron chi connectivity index (χ0n) is 14.9. The summed E-state index contributed by atoms with van der Waals surface area (Å²) in [5, 5.41) is 7.18. The largest absolute Gasteiger partial charge is 0.352 e. The summed E-state index contributed by atoms with van der Waals surface area (Å²) in [6.45, 7) is 3.50. The van der Waals surface area contributed by atoms with Crippen molar-refractivity contribution in [1.29, 1.82) is 0 Å². The summed E-state index contributed by atoms with van der Waals surface area (Å²) >= 11 is 0. The van der Waals surface area contributed by atoms with Gasteiger partial charge in [0.15, 0.2) is 0 Å². The van der Waals surface area contributed by atoms with Crippen molar-refractivity contribution in [3.8, 4) is 5.69 Å². The Kier molecular flexibility index (Phi) is 5.78. The topological polar surface area (TPSA) is 66.3 Å². The predicted molar refractivity (Wildman–Crippen MR) is 96.4 cm³/mol. The first-order valence-corrected chi connectivity index (χ1v) is 8.72. The van der Waals surface area contributed by atoms with Crippen molar-refractivity contribution in [1.82, 2.24) is 29.9 Å². The maximum atomic E-state index is 12.2. The third-order valence-electron chi connectivity index (χ3n) is 4.81. The van der Waals surface area contributed by atoms with E-state index in [9.17, 15) is 4.79 Å². The van der Waals surface area contributed by atoms with E-state index in [2.05, 4.69) is 39.3 Å². The van der Waals surface area contributed by atoms with Crippen molar-refractivity contribution in [2.45, 2.75) is 25.4 Å². The number of hydrogen-bond acceptors (Lipinski definition) is 5. The molecule has 1 aliphatic rings. The Hall–Kier alpha value is -2.25. The number of rotatable bonds is 7. The molecule has 2 aromatic rings. The van der Waals surface area contributed by atoms with Gasteiger partial charge in [-0.1, -0.05) is 18.2 Å². The number of benzene rings is 1. The monoisotopic (exact) mass is 342 g/mol. The fraction of sp³-hybridized carbons (Fsp3) is 0.500. The number of amides is 1. The Morgan fingerprint density at radius 2 is 2.24 bits per heavy atom. The highest BCUT2D eigenvalue weighted by atomic mass is 16.1. The fourth-order valence-electron chi connectivity index (χ4n) is 3.23. The molecule has 1 unspecified atom stereocenters. The quantitative estimate of drug-likeness (QED) is 0.810. The van der Waals surface area contributed by atoms with E-state index in [4.69, 9.17) is 0 Å². The van der Waals surface area contributed by atoms with Crippen LogP contribution in [0.3, 0.4) is 0 Å². The van der Waals surface area contributed by atoms with Crippen molar-refractivity contribution in [2.75, 3.05) is 33.7 Å². The Labute approximate surface area is 148 Å². The normalized spacial score (nSPS) is 18.0. The van der Waals surface area contributed by atoms with Gasteiger partial charge >= 0.3 is 0 Å². The molecule has 3 rings (SSSR count). The third-order valence-corrected chi connectivity index (χ3v) is 4.81. The van der Waals surface area contributed by atoms with Crippen LogP contribution >= 0.6 is 0 Å². The molecule has 1 amide bonds. The second kappa shape index (κ2) is 8.22. The number of carbonyl (C=O) groups excluding carboxylic acids is 1. The van der Waals surface area contributed by atoms with E-state index in [0.29, 0.717) is 19.0 Å². The molecule has 1 atom stereocenters. The summed E-state index contributed by atoms with van der Waals surface area (Å²) in [4.78, 5) is 20.8. The summed E-state index contributed by atoms with van der Waals surface area (Å²) in [6.07, 6.45) is 4.86. The molecular formula is C18H26N6O. The molecule has 2 heterocycles. The van der Waals surface area contributed by atoms with Crippen LogP contribution in [0.1, 0.15) is 18.4 Å². The summed E-state index contributed by atoms with van der Waals surface area (Å²) in [7, 11) is 4.25. The Bertz CT molecular complexity index is 687. The van der Waals surface area contributed by atoms with Gasteiger partial charge in [0, 0.05) is 32.1 Å². The molecule has 7 heteroatoms. The number of para-hydroxylation sites is 1. The average molecular weight is 342 g/mol. The van der Waals surface area contributed by atoms with Gasteiger partial charge in [0.05, 0.1) is 5.69 Å². The lowest BCUT2D eigenvalue weighted by Crippen LogP contribution is -2.36. The minimum atomic E-state index is 0.0756. The van der Waals surface area contributed by atoms with Crippen molar-refractivity contribution < 1.29 is 4.79 Å². The van der Waals surface area contributed by atoms with Gasteiger partial charge in [-0.2, -0.15) is 5.10 Å². The highest BCUT2D eigenvalue weighted by Crippen LogP contribution is 2.14. The molecule has 0 bridgehead atoms. The van der Waals surface area contributed by atoms with Crippen LogP contribution in [0, 0.1) is 0 Å². The van der Waals surface area contributed by atoms with Gasteiger partial charge in [-0.05, 0) is 38.7 Å². The minimum absolute atomic E-state index is 0.0756. The van der Waals surface area contributed by atoms with Crippen molar-refractivity contribution in [3.05, 3.63) is 42.5 Å². The van der Waals surface area contributed by atoms with Gasteiger partial charge in [-0.25, -0.2) is 9.67 Å². The van der Waals surface area contributed by atoms with Crippen molar-refractivity contribution in [2.24, 2.45) is 0 Å². The Morgan fingerprint density at radius 3 is 2.96 bits per heavy atom. The van der Waals surface area contributed by atoms with Crippen LogP contribution in [0.4, 0.5) is 0 Å². The first kappa shape index (κ1) is 17.6. The first-order chi connectivity index (χ1) is 12.1. The lowest BCUT2D eigenvalue weighted by atomic mass is 10.1. The van der Waals surface area contributed by atoms with Gasteiger partial charge in [-0.15, -0.1) is 0 Å². The standard InChI is InChI=1S/C18H26N6O/c1-22-9-7-16(12-22)23(2)10-8-18(25)20-11-15-5-3-4-6-17(15)24-14-19-13-21-24/h3-6,13-14,16H,7-12H2,1-2H3,(H,20,25). The lowest BCUT2D eigenvalue weighted by molar-refractivity contribution is -0.121. The molecule has 0 spiro atoms. The van der Waals surface area contributed by atoms with E-state index in [0.717, 1.165) is 30.9 Å². The van der Waals surface area contributed by atoms with Crippen LogP contribution in [0.2, 0.25) is 0 Å². The van der Waals surface area contributed by atoms with E-state index in [-0.39, 0.29) is 5.91 Å². The second-order valence-electron chi connectivity index (χ2n) is 6.68. The van der Waals surface area contributed by atoms with Crippen molar-refractivity contribution >= 4 is 5.91 Å². The molecule has 1 aliphatic heterocycles. The van der Waals surface area contributed by atoms with Crippen LogP contribution in [0.5, 0.6) is 0 Å². The highest BCUT2D eigenvalue weighted by Gasteiger charge is 2.23. The first-order valence-electron chi connectivity index (χ1n) is 8.72. The van der Waals surface area contributed by atoms with Gasteiger partial charge in [0.25, 0.3) is 0 Å². The van der Waals surface area contributed by atoms with E-state index in [1.807, 2.05) is 24.3 Å². The molecular weight excluding hydrogens is 316 g/mol. The Morgan fingerprint density at radius 1 is 1.40 bits per heavy atom. The lowest BCUT2D eigenvalue weighted by Gasteiger charge is -2.23. The predicted octanol–water partition coefficient (Wildman–Crippen LogP) is 0.910. The van der Waals surface area contributed by atoms with Crippen LogP contribution in [-0.4, -0.2) is 70.2 Å². The van der Waals surface area contributed by atoms with Gasteiger partial charge in [0.1, 0.15) is 12.7 Å². The molecule has 0 saturated carbocycles.